The van der Waals surface area contributed by atoms with Crippen molar-refractivity contribution in [1.29, 1.82) is 0 Å². The van der Waals surface area contributed by atoms with Gasteiger partial charge in [0.1, 0.15) is 17.4 Å². The van der Waals surface area contributed by atoms with Gasteiger partial charge in [0.25, 0.3) is 0 Å². The number of aliphatic hydroxyl groups excluding tert-OH is 1. The molecule has 28 heavy (non-hydrogen) atoms. The highest BCUT2D eigenvalue weighted by Gasteiger charge is 2.11. The van der Waals surface area contributed by atoms with E-state index in [2.05, 4.69) is 45.5 Å². The zero-order chi connectivity index (χ0) is 19.8. The van der Waals surface area contributed by atoms with Crippen LogP contribution in [0.25, 0.3) is 10.6 Å². The van der Waals surface area contributed by atoms with Gasteiger partial charge in [-0.15, -0.1) is 11.3 Å². The minimum atomic E-state index is -0.389. The van der Waals surface area contributed by atoms with E-state index in [9.17, 15) is 5.11 Å². The second-order valence-corrected chi connectivity index (χ2v) is 7.73. The van der Waals surface area contributed by atoms with Crippen molar-refractivity contribution < 1.29 is 9.84 Å². The van der Waals surface area contributed by atoms with Crippen LogP contribution in [0.4, 0.5) is 0 Å². The molecule has 148 valence electrons. The van der Waals surface area contributed by atoms with Crippen molar-refractivity contribution in [2.75, 3.05) is 27.2 Å². The van der Waals surface area contributed by atoms with Crippen molar-refractivity contribution in [3.05, 3.63) is 71.2 Å². The Kier molecular flexibility index (Phi) is 7.56. The van der Waals surface area contributed by atoms with Crippen molar-refractivity contribution in [3.63, 3.8) is 0 Å². The summed E-state index contributed by atoms with van der Waals surface area (Å²) in [6.07, 6.45) is 1.43. The minimum absolute atomic E-state index is 0.389. The minimum Gasteiger partial charge on any atom is -0.489 e. The van der Waals surface area contributed by atoms with E-state index in [1.165, 1.54) is 0 Å². The fourth-order valence-corrected chi connectivity index (χ4v) is 3.71. The predicted octanol–water partition coefficient (Wildman–Crippen LogP) is 3.40. The highest BCUT2D eigenvalue weighted by molar-refractivity contribution is 7.13. The third-order valence-corrected chi connectivity index (χ3v) is 5.22. The summed E-state index contributed by atoms with van der Waals surface area (Å²) < 4.78 is 6.09. The van der Waals surface area contributed by atoms with Crippen LogP contribution in [0, 0.1) is 0 Å². The summed E-state index contributed by atoms with van der Waals surface area (Å²) in [5, 5.41) is 16.0. The van der Waals surface area contributed by atoms with E-state index in [4.69, 9.17) is 4.74 Å². The Labute approximate surface area is 170 Å². The van der Waals surface area contributed by atoms with E-state index in [0.717, 1.165) is 34.0 Å². The molecular weight excluding hydrogens is 370 g/mol. The summed E-state index contributed by atoms with van der Waals surface area (Å²) in [5.74, 6) is 0.876. The molecule has 0 bridgehead atoms. The van der Waals surface area contributed by atoms with Crippen LogP contribution in [-0.2, 0) is 13.2 Å². The van der Waals surface area contributed by atoms with Crippen molar-refractivity contribution in [2.24, 2.45) is 0 Å². The highest BCUT2D eigenvalue weighted by Crippen LogP contribution is 2.24. The Bertz CT molecular complexity index is 837. The smallest absolute Gasteiger partial charge is 0.124 e. The lowest BCUT2D eigenvalue weighted by atomic mass is 10.1. The number of nitrogens with one attached hydrogen (secondary N) is 1. The zero-order valence-corrected chi connectivity index (χ0v) is 17.2. The second-order valence-electron chi connectivity index (χ2n) is 6.84. The Morgan fingerprint density at radius 2 is 1.96 bits per heavy atom. The van der Waals surface area contributed by atoms with Crippen molar-refractivity contribution in [3.8, 4) is 16.3 Å². The first-order valence-corrected chi connectivity index (χ1v) is 10.2. The number of ether oxygens (including phenoxy) is 1. The molecule has 2 N–H and O–H groups in total. The predicted molar refractivity (Wildman–Crippen MR) is 115 cm³/mol. The van der Waals surface area contributed by atoms with Crippen LogP contribution in [0.3, 0.4) is 0 Å². The monoisotopic (exact) mass is 397 g/mol. The average Bonchev–Trinajstić information content (AvgIpc) is 3.22. The highest BCUT2D eigenvalue weighted by atomic mass is 32.1. The van der Waals surface area contributed by atoms with Crippen LogP contribution in [0.15, 0.2) is 60.1 Å². The Morgan fingerprint density at radius 3 is 2.68 bits per heavy atom. The molecule has 6 heteroatoms. The Balaban J connectivity index is 1.59. The van der Waals surface area contributed by atoms with E-state index in [1.54, 1.807) is 11.3 Å². The third-order valence-electron chi connectivity index (χ3n) is 4.40. The van der Waals surface area contributed by atoms with Crippen LogP contribution in [0.5, 0.6) is 5.75 Å². The van der Waals surface area contributed by atoms with Crippen molar-refractivity contribution >= 4 is 11.3 Å². The van der Waals surface area contributed by atoms with E-state index in [1.807, 2.05) is 43.9 Å². The molecule has 0 fully saturated rings. The van der Waals surface area contributed by atoms with Gasteiger partial charge in [-0.25, -0.2) is 4.98 Å². The number of nitrogens with zero attached hydrogens (tertiary/aromatic N) is 2. The molecular formula is C22H27N3O2S. The molecule has 0 amide bonds. The number of para-hydroxylation sites is 1. The van der Waals surface area contributed by atoms with Crippen LogP contribution >= 0.6 is 11.3 Å². The molecule has 2 aromatic carbocycles. The number of aromatic nitrogens is 1. The fourth-order valence-electron chi connectivity index (χ4n) is 3.06. The summed E-state index contributed by atoms with van der Waals surface area (Å²) in [4.78, 5) is 6.45. The van der Waals surface area contributed by atoms with E-state index in [-0.39, 0.29) is 6.10 Å². The lowest BCUT2D eigenvalue weighted by Crippen LogP contribution is -2.35. The molecule has 0 aliphatic heterocycles. The number of likely N-dealkylation sites (N-methyl/N-ethyl adjacent to an activating group) is 2. The van der Waals surface area contributed by atoms with Crippen molar-refractivity contribution in [2.45, 2.75) is 19.3 Å². The van der Waals surface area contributed by atoms with Gasteiger partial charge < -0.3 is 15.2 Å². The third kappa shape index (κ3) is 5.87. The molecule has 1 heterocycles. The standard InChI is InChI=1S/C22H27N3O2S/c1-23-13-20(26)15-25(2)14-19-5-3-4-6-21(19)27-16-17-7-9-18(10-8-17)22-24-11-12-28-22/h3-12,20,23,26H,13-16H2,1-2H3/t20-/m0/s1. The van der Waals surface area contributed by atoms with Gasteiger partial charge in [0, 0.05) is 42.3 Å². The van der Waals surface area contributed by atoms with Gasteiger partial charge >= 0.3 is 0 Å². The number of hydrogen-bond acceptors (Lipinski definition) is 6. The maximum absolute atomic E-state index is 9.97. The average molecular weight is 398 g/mol. The van der Waals surface area contributed by atoms with E-state index >= 15 is 0 Å². The molecule has 0 saturated heterocycles. The van der Waals surface area contributed by atoms with Gasteiger partial charge in [-0.3, -0.25) is 4.90 Å². The molecule has 0 spiro atoms. The molecule has 0 saturated carbocycles. The lowest BCUT2D eigenvalue weighted by molar-refractivity contribution is 0.122. The molecule has 1 atom stereocenters. The maximum Gasteiger partial charge on any atom is 0.124 e. The summed E-state index contributed by atoms with van der Waals surface area (Å²) in [6.45, 7) is 2.42. The number of benzene rings is 2. The summed E-state index contributed by atoms with van der Waals surface area (Å²) >= 11 is 1.64. The van der Waals surface area contributed by atoms with E-state index in [0.29, 0.717) is 19.7 Å². The molecule has 3 rings (SSSR count). The van der Waals surface area contributed by atoms with Gasteiger partial charge in [0.2, 0.25) is 0 Å². The van der Waals surface area contributed by atoms with E-state index < -0.39 is 0 Å². The number of hydrogen-bond donors (Lipinski definition) is 2. The van der Waals surface area contributed by atoms with Crippen LogP contribution in [0.1, 0.15) is 11.1 Å². The zero-order valence-electron chi connectivity index (χ0n) is 16.3. The second kappa shape index (κ2) is 10.3. The molecule has 5 nitrogen and oxygen atoms in total. The summed E-state index contributed by atoms with van der Waals surface area (Å²) in [7, 11) is 3.85. The molecule has 0 aliphatic rings. The number of aliphatic hydroxyl groups is 1. The molecule has 0 unspecified atom stereocenters. The van der Waals surface area contributed by atoms with Gasteiger partial charge in [-0.05, 0) is 25.7 Å². The number of thiazole rings is 1. The fraction of sp³-hybridized carbons (Fsp3) is 0.318. The molecule has 0 radical (unpaired) electrons. The first-order chi connectivity index (χ1) is 13.7. The van der Waals surface area contributed by atoms with Gasteiger partial charge in [0.15, 0.2) is 0 Å². The first kappa shape index (κ1) is 20.5. The van der Waals surface area contributed by atoms with Gasteiger partial charge in [0.05, 0.1) is 6.10 Å². The molecule has 0 aliphatic carbocycles. The summed E-state index contributed by atoms with van der Waals surface area (Å²) in [5.41, 5.74) is 3.36. The topological polar surface area (TPSA) is 57.6 Å². The van der Waals surface area contributed by atoms with Crippen LogP contribution in [-0.4, -0.2) is 48.3 Å². The quantitative estimate of drug-likeness (QED) is 0.549. The Morgan fingerprint density at radius 1 is 1.18 bits per heavy atom. The maximum atomic E-state index is 9.97. The first-order valence-electron chi connectivity index (χ1n) is 9.36. The summed E-state index contributed by atoms with van der Waals surface area (Å²) in [6, 6.07) is 16.4. The molecule has 3 aromatic rings. The van der Waals surface area contributed by atoms with Gasteiger partial charge in [-0.1, -0.05) is 42.5 Å². The number of rotatable bonds is 10. The lowest BCUT2D eigenvalue weighted by Gasteiger charge is -2.22. The normalized spacial score (nSPS) is 12.3. The molecule has 1 aromatic heterocycles. The van der Waals surface area contributed by atoms with Crippen LogP contribution < -0.4 is 10.1 Å². The van der Waals surface area contributed by atoms with Gasteiger partial charge in [-0.2, -0.15) is 0 Å². The van der Waals surface area contributed by atoms with Crippen molar-refractivity contribution in [1.82, 2.24) is 15.2 Å². The largest absolute Gasteiger partial charge is 0.489 e. The Hall–Kier alpha value is -2.25. The SMILES string of the molecule is CNC[C@H](O)CN(C)Cc1ccccc1OCc1ccc(-c2nccs2)cc1. The van der Waals surface area contributed by atoms with Crippen LogP contribution in [0.2, 0.25) is 0 Å².